The standard InChI is InChI=1S/C30H33ClN4O2.C15H8Br2INO2/c1-20(2)27(34(17-7-16-32)29(36)23-12-10-21(3)11-13-23)28-33-26-18-24(31)14-15-25(26)30(37)35(28)19-22-8-5-4-6-9-22;16-11-4-7(5-12(17)14(11)20)3-10-9-6-8(18)1-2-13(9)19-15(10)21/h4-6,8-15,18,20,27H,7,16-17,19,32H2,1-3H3;1-6,20H,(H,19,21)/b;10-3-/t27-;/m1./s1. The highest BCUT2D eigenvalue weighted by atomic mass is 127. The summed E-state index contributed by atoms with van der Waals surface area (Å²) < 4.78 is 3.92. The van der Waals surface area contributed by atoms with Crippen LogP contribution in [0.2, 0.25) is 5.02 Å². The van der Waals surface area contributed by atoms with Crippen molar-refractivity contribution in [3.05, 3.63) is 165 Å². The molecule has 4 N–H and O–H groups in total. The minimum absolute atomic E-state index is 0.0299. The van der Waals surface area contributed by atoms with Gasteiger partial charge in [0.25, 0.3) is 17.4 Å². The van der Waals surface area contributed by atoms with Crippen LogP contribution in [0.25, 0.3) is 22.6 Å². The minimum atomic E-state index is -0.458. The number of amides is 2. The predicted octanol–water partition coefficient (Wildman–Crippen LogP) is 10.6. The Kier molecular flexibility index (Phi) is 14.3. The van der Waals surface area contributed by atoms with Gasteiger partial charge in [0.1, 0.15) is 11.6 Å². The van der Waals surface area contributed by atoms with Crippen LogP contribution in [0, 0.1) is 16.4 Å². The van der Waals surface area contributed by atoms with Crippen molar-refractivity contribution in [1.29, 1.82) is 0 Å². The summed E-state index contributed by atoms with van der Waals surface area (Å²) in [5.41, 5.74) is 12.0. The summed E-state index contributed by atoms with van der Waals surface area (Å²) in [4.78, 5) is 46.7. The highest BCUT2D eigenvalue weighted by molar-refractivity contribution is 14.1. The fourth-order valence-electron chi connectivity index (χ4n) is 6.78. The Hall–Kier alpha value is -4.34. The molecule has 13 heteroatoms. The second-order valence-corrected chi connectivity index (χ2v) is 17.6. The second-order valence-electron chi connectivity index (χ2n) is 14.2. The number of phenolic OH excluding ortho intramolecular Hbond substituents is 1. The number of hydrogen-bond donors (Lipinski definition) is 3. The molecule has 1 aliphatic rings. The van der Waals surface area contributed by atoms with Crippen LogP contribution in [-0.2, 0) is 11.3 Å². The number of nitrogens with one attached hydrogen (secondary N) is 1. The summed E-state index contributed by atoms with van der Waals surface area (Å²) in [7, 11) is 0. The first-order valence-corrected chi connectivity index (χ1v) is 21.6. The van der Waals surface area contributed by atoms with Crippen molar-refractivity contribution in [3.63, 3.8) is 0 Å². The highest BCUT2D eigenvalue weighted by Crippen LogP contribution is 2.38. The molecule has 298 valence electrons. The van der Waals surface area contributed by atoms with Gasteiger partial charge in [-0.25, -0.2) is 4.98 Å². The van der Waals surface area contributed by atoms with Crippen LogP contribution < -0.4 is 16.6 Å². The number of aromatic hydroxyl groups is 1. The zero-order valence-corrected chi connectivity index (χ0v) is 38.1. The molecule has 58 heavy (non-hydrogen) atoms. The molecule has 0 fully saturated rings. The first-order valence-electron chi connectivity index (χ1n) is 18.6. The molecule has 0 radical (unpaired) electrons. The topological polar surface area (TPSA) is 131 Å². The van der Waals surface area contributed by atoms with Gasteiger partial charge in [-0.2, -0.15) is 0 Å². The number of carbonyl (C=O) groups excluding carboxylic acids is 2. The average Bonchev–Trinajstić information content (AvgIpc) is 3.50. The highest BCUT2D eigenvalue weighted by Gasteiger charge is 2.33. The quantitative estimate of drug-likeness (QED) is 0.0925. The molecule has 2 amide bonds. The largest absolute Gasteiger partial charge is 0.506 e. The second kappa shape index (κ2) is 19.2. The molecule has 1 aromatic heterocycles. The summed E-state index contributed by atoms with van der Waals surface area (Å²) in [6.07, 6.45) is 2.44. The van der Waals surface area contributed by atoms with Crippen molar-refractivity contribution in [2.24, 2.45) is 11.7 Å². The number of rotatable bonds is 10. The molecule has 0 spiro atoms. The summed E-state index contributed by atoms with van der Waals surface area (Å²) in [5.74, 6) is 0.419. The predicted molar refractivity (Wildman–Crippen MR) is 249 cm³/mol. The molecule has 7 rings (SSSR count). The molecule has 5 aromatic carbocycles. The molecule has 0 saturated carbocycles. The van der Waals surface area contributed by atoms with Gasteiger partial charge in [-0.3, -0.25) is 19.0 Å². The number of nitrogens with two attached hydrogens (primary N) is 1. The fourth-order valence-corrected chi connectivity index (χ4v) is 8.66. The van der Waals surface area contributed by atoms with E-state index in [9.17, 15) is 19.5 Å². The molecule has 2 heterocycles. The Morgan fingerprint density at radius 2 is 1.67 bits per heavy atom. The molecule has 0 saturated heterocycles. The molecule has 9 nitrogen and oxygen atoms in total. The Morgan fingerprint density at radius 3 is 2.33 bits per heavy atom. The number of hydrogen-bond acceptors (Lipinski definition) is 6. The van der Waals surface area contributed by atoms with E-state index >= 15 is 0 Å². The first kappa shape index (κ1) is 43.2. The van der Waals surface area contributed by atoms with Crippen LogP contribution in [0.15, 0.2) is 117 Å². The third-order valence-electron chi connectivity index (χ3n) is 9.64. The number of phenols is 1. The van der Waals surface area contributed by atoms with Crippen molar-refractivity contribution in [2.75, 3.05) is 18.4 Å². The third-order valence-corrected chi connectivity index (χ3v) is 11.8. The van der Waals surface area contributed by atoms with Gasteiger partial charge >= 0.3 is 0 Å². The third kappa shape index (κ3) is 9.91. The summed E-state index contributed by atoms with van der Waals surface area (Å²) in [6, 6.07) is 31.4. The van der Waals surface area contributed by atoms with Crippen LogP contribution >= 0.6 is 66.1 Å². The van der Waals surface area contributed by atoms with E-state index in [1.165, 1.54) is 0 Å². The van der Waals surface area contributed by atoms with E-state index in [1.807, 2.05) is 105 Å². The van der Waals surface area contributed by atoms with Crippen LogP contribution in [-0.4, -0.2) is 44.5 Å². The number of aromatic nitrogens is 2. The molecule has 0 bridgehead atoms. The normalized spacial score (nSPS) is 13.3. The number of nitrogens with zero attached hydrogens (tertiary/aromatic N) is 3. The van der Waals surface area contributed by atoms with Gasteiger partial charge < -0.3 is 21.1 Å². The number of aryl methyl sites for hydroxylation is 1. The molecule has 6 aromatic rings. The molecule has 1 atom stereocenters. The van der Waals surface area contributed by atoms with E-state index in [2.05, 4.69) is 59.8 Å². The van der Waals surface area contributed by atoms with Crippen LogP contribution in [0.5, 0.6) is 5.75 Å². The van der Waals surface area contributed by atoms with E-state index in [-0.39, 0.29) is 29.0 Å². The number of anilines is 1. The van der Waals surface area contributed by atoms with Gasteiger partial charge in [-0.15, -0.1) is 0 Å². The lowest BCUT2D eigenvalue weighted by Crippen LogP contribution is -2.42. The lowest BCUT2D eigenvalue weighted by atomic mass is 9.98. The van der Waals surface area contributed by atoms with Gasteiger partial charge in [-0.1, -0.05) is 73.5 Å². The summed E-state index contributed by atoms with van der Waals surface area (Å²) >= 11 is 15.1. The summed E-state index contributed by atoms with van der Waals surface area (Å²) in [6.45, 7) is 7.31. The molecular formula is C45H41Br2ClIN5O4. The van der Waals surface area contributed by atoms with E-state index in [4.69, 9.17) is 22.3 Å². The number of carbonyl (C=O) groups is 2. The monoisotopic (exact) mass is 1040 g/mol. The van der Waals surface area contributed by atoms with Crippen molar-refractivity contribution in [1.82, 2.24) is 14.5 Å². The molecule has 1 aliphatic heterocycles. The lowest BCUT2D eigenvalue weighted by Gasteiger charge is -2.35. The van der Waals surface area contributed by atoms with E-state index in [0.29, 0.717) is 67.9 Å². The van der Waals surface area contributed by atoms with Crippen molar-refractivity contribution < 1.29 is 14.7 Å². The Balaban J connectivity index is 0.000000227. The maximum atomic E-state index is 13.9. The SMILES string of the molecule is Cc1ccc(C(=O)N(CCCN)[C@@H](c2nc3cc(Cl)ccc3c(=O)n2Cc2ccccc2)C(C)C)cc1.O=C1Nc2ccc(I)cc2/C1=C/c1cc(Br)c(O)c(Br)c1. The van der Waals surface area contributed by atoms with Crippen molar-refractivity contribution in [2.45, 2.75) is 39.8 Å². The smallest absolute Gasteiger partial charge is 0.261 e. The van der Waals surface area contributed by atoms with Gasteiger partial charge in [-0.05, 0) is 158 Å². The molecular weight excluding hydrogens is 997 g/mol. The Bertz CT molecular complexity index is 2560. The van der Waals surface area contributed by atoms with Crippen molar-refractivity contribution in [3.8, 4) is 5.75 Å². The fraction of sp³-hybridized carbons (Fsp3) is 0.200. The van der Waals surface area contributed by atoms with Crippen LogP contribution in [0.3, 0.4) is 0 Å². The zero-order valence-electron chi connectivity index (χ0n) is 32.0. The lowest BCUT2D eigenvalue weighted by molar-refractivity contribution is -0.110. The first-order chi connectivity index (χ1) is 27.7. The van der Waals surface area contributed by atoms with E-state index in [1.54, 1.807) is 34.9 Å². The molecule has 0 unspecified atom stereocenters. The number of benzene rings is 5. The van der Waals surface area contributed by atoms with Gasteiger partial charge in [0.15, 0.2) is 0 Å². The Labute approximate surface area is 372 Å². The zero-order chi connectivity index (χ0) is 41.7. The van der Waals surface area contributed by atoms with Gasteiger partial charge in [0.2, 0.25) is 0 Å². The van der Waals surface area contributed by atoms with Gasteiger partial charge in [0, 0.05) is 37.5 Å². The number of fused-ring (bicyclic) bond motifs is 2. The van der Waals surface area contributed by atoms with Crippen LogP contribution in [0.1, 0.15) is 64.7 Å². The average molecular weight is 1040 g/mol. The number of halogens is 4. The molecule has 0 aliphatic carbocycles. The summed E-state index contributed by atoms with van der Waals surface area (Å²) in [5, 5.41) is 13.6. The van der Waals surface area contributed by atoms with Crippen LogP contribution in [0.4, 0.5) is 5.69 Å². The van der Waals surface area contributed by atoms with Gasteiger partial charge in [0.05, 0.1) is 32.4 Å². The Morgan fingerprint density at radius 1 is 0.983 bits per heavy atom. The maximum Gasteiger partial charge on any atom is 0.261 e. The maximum absolute atomic E-state index is 13.9. The van der Waals surface area contributed by atoms with E-state index < -0.39 is 6.04 Å². The van der Waals surface area contributed by atoms with E-state index in [0.717, 1.165) is 31.5 Å². The minimum Gasteiger partial charge on any atom is -0.506 e. The van der Waals surface area contributed by atoms with Crippen molar-refractivity contribution >= 4 is 106 Å².